The summed E-state index contributed by atoms with van der Waals surface area (Å²) in [5, 5.41) is 0. The molecule has 0 bridgehead atoms. The van der Waals surface area contributed by atoms with E-state index in [0.29, 0.717) is 5.69 Å². The number of benzene rings is 3. The average Bonchev–Trinajstić information content (AvgIpc) is 3.03. The molecule has 148 valence electrons. The Kier molecular flexibility index (Phi) is 5.07. The minimum atomic E-state index is -3.97. The van der Waals surface area contributed by atoms with E-state index in [4.69, 9.17) is 0 Å². The van der Waals surface area contributed by atoms with Crippen molar-refractivity contribution in [2.45, 2.75) is 17.7 Å². The van der Waals surface area contributed by atoms with Crippen LogP contribution in [0.5, 0.6) is 0 Å². The maximum atomic E-state index is 13.8. The van der Waals surface area contributed by atoms with E-state index in [-0.39, 0.29) is 4.90 Å². The van der Waals surface area contributed by atoms with Crippen LogP contribution in [0.2, 0.25) is 0 Å². The fourth-order valence-corrected chi connectivity index (χ4v) is 4.43. The molecule has 0 amide bonds. The Labute approximate surface area is 168 Å². The molecule has 1 aromatic heterocycles. The minimum absolute atomic E-state index is 0.370. The normalized spacial score (nSPS) is 11.7. The standard InChI is InChI=1S/C22H20FN3O2S/c1-26-20-8-4-3-7-19(20)24-22(26)15-12-16-10-13-17(14-11-16)25-29(27,28)21-9-5-2-6-18(21)23/h2-11,13-14,25H,12,15H2,1H3. The summed E-state index contributed by atoms with van der Waals surface area (Å²) in [6.07, 6.45) is 1.54. The number of hydrogen-bond donors (Lipinski definition) is 1. The van der Waals surface area contributed by atoms with E-state index in [0.717, 1.165) is 41.3 Å². The first kappa shape index (κ1) is 19.1. The van der Waals surface area contributed by atoms with Crippen molar-refractivity contribution >= 4 is 26.7 Å². The van der Waals surface area contributed by atoms with Crippen molar-refractivity contribution in [3.8, 4) is 0 Å². The number of aryl methyl sites for hydroxylation is 3. The van der Waals surface area contributed by atoms with Crippen molar-refractivity contribution < 1.29 is 12.8 Å². The molecule has 0 saturated heterocycles. The predicted molar refractivity (Wildman–Crippen MR) is 112 cm³/mol. The van der Waals surface area contributed by atoms with Gasteiger partial charge < -0.3 is 4.57 Å². The van der Waals surface area contributed by atoms with Gasteiger partial charge in [0.2, 0.25) is 0 Å². The highest BCUT2D eigenvalue weighted by atomic mass is 32.2. The SMILES string of the molecule is Cn1c(CCc2ccc(NS(=O)(=O)c3ccccc3F)cc2)nc2ccccc21. The maximum Gasteiger partial charge on any atom is 0.264 e. The Morgan fingerprint density at radius 2 is 1.62 bits per heavy atom. The first-order chi connectivity index (χ1) is 13.9. The van der Waals surface area contributed by atoms with E-state index in [9.17, 15) is 12.8 Å². The molecule has 3 aromatic carbocycles. The number of nitrogens with one attached hydrogen (secondary N) is 1. The van der Waals surface area contributed by atoms with Crippen LogP contribution in [0.25, 0.3) is 11.0 Å². The van der Waals surface area contributed by atoms with Gasteiger partial charge in [-0.3, -0.25) is 4.72 Å². The second kappa shape index (κ2) is 7.67. The van der Waals surface area contributed by atoms with Crippen LogP contribution in [0.4, 0.5) is 10.1 Å². The van der Waals surface area contributed by atoms with Crippen LogP contribution >= 0.6 is 0 Å². The Balaban J connectivity index is 1.45. The van der Waals surface area contributed by atoms with E-state index < -0.39 is 15.8 Å². The lowest BCUT2D eigenvalue weighted by atomic mass is 10.1. The number of halogens is 1. The highest BCUT2D eigenvalue weighted by molar-refractivity contribution is 7.92. The molecule has 0 aliphatic carbocycles. The van der Waals surface area contributed by atoms with Gasteiger partial charge in [-0.2, -0.15) is 0 Å². The van der Waals surface area contributed by atoms with Gasteiger partial charge in [0.15, 0.2) is 0 Å². The Hall–Kier alpha value is -3.19. The van der Waals surface area contributed by atoms with Crippen LogP contribution in [0.3, 0.4) is 0 Å². The second-order valence-corrected chi connectivity index (χ2v) is 8.46. The lowest BCUT2D eigenvalue weighted by Gasteiger charge is -2.09. The molecule has 4 aromatic rings. The molecule has 1 N–H and O–H groups in total. The molecule has 0 radical (unpaired) electrons. The highest BCUT2D eigenvalue weighted by Crippen LogP contribution is 2.20. The number of fused-ring (bicyclic) bond motifs is 1. The van der Waals surface area contributed by atoms with Gasteiger partial charge in [0.1, 0.15) is 16.5 Å². The molecule has 29 heavy (non-hydrogen) atoms. The lowest BCUT2D eigenvalue weighted by Crippen LogP contribution is -2.14. The zero-order chi connectivity index (χ0) is 20.4. The first-order valence-electron chi connectivity index (χ1n) is 9.21. The average molecular weight is 409 g/mol. The molecule has 0 fully saturated rings. The van der Waals surface area contributed by atoms with Gasteiger partial charge in [0.05, 0.1) is 11.0 Å². The van der Waals surface area contributed by atoms with Crippen molar-refractivity contribution in [2.75, 3.05) is 4.72 Å². The van der Waals surface area contributed by atoms with E-state index >= 15 is 0 Å². The number of sulfonamides is 1. The zero-order valence-electron chi connectivity index (χ0n) is 15.8. The van der Waals surface area contributed by atoms with Crippen molar-refractivity contribution in [3.63, 3.8) is 0 Å². The molecule has 0 saturated carbocycles. The predicted octanol–water partition coefficient (Wildman–Crippen LogP) is 4.30. The number of anilines is 1. The summed E-state index contributed by atoms with van der Waals surface area (Å²) in [5.74, 6) is 0.217. The van der Waals surface area contributed by atoms with E-state index in [1.807, 2.05) is 43.4 Å². The zero-order valence-corrected chi connectivity index (χ0v) is 16.7. The summed E-state index contributed by atoms with van der Waals surface area (Å²) in [5.41, 5.74) is 3.52. The molecule has 5 nitrogen and oxygen atoms in total. The number of nitrogens with zero attached hydrogens (tertiary/aromatic N) is 2. The fraction of sp³-hybridized carbons (Fsp3) is 0.136. The minimum Gasteiger partial charge on any atom is -0.331 e. The number of rotatable bonds is 6. The fourth-order valence-electron chi connectivity index (χ4n) is 3.29. The highest BCUT2D eigenvalue weighted by Gasteiger charge is 2.18. The summed E-state index contributed by atoms with van der Waals surface area (Å²) < 4.78 is 43.1. The van der Waals surface area contributed by atoms with Gasteiger partial charge in [0.25, 0.3) is 10.0 Å². The largest absolute Gasteiger partial charge is 0.331 e. The van der Waals surface area contributed by atoms with Crippen LogP contribution in [-0.4, -0.2) is 18.0 Å². The lowest BCUT2D eigenvalue weighted by molar-refractivity contribution is 0.570. The topological polar surface area (TPSA) is 64.0 Å². The van der Waals surface area contributed by atoms with E-state index in [1.165, 1.54) is 18.2 Å². The van der Waals surface area contributed by atoms with Crippen LogP contribution in [0.1, 0.15) is 11.4 Å². The third-order valence-corrected chi connectivity index (χ3v) is 6.26. The molecule has 7 heteroatoms. The van der Waals surface area contributed by atoms with Crippen molar-refractivity contribution in [1.82, 2.24) is 9.55 Å². The van der Waals surface area contributed by atoms with Gasteiger partial charge in [0, 0.05) is 19.2 Å². The number of imidazole rings is 1. The maximum absolute atomic E-state index is 13.8. The van der Waals surface area contributed by atoms with Crippen LogP contribution in [0, 0.1) is 5.82 Å². The molecule has 1 heterocycles. The summed E-state index contributed by atoms with van der Waals surface area (Å²) >= 11 is 0. The Morgan fingerprint density at radius 1 is 0.931 bits per heavy atom. The Bertz CT molecular complexity index is 1260. The molecule has 0 unspecified atom stereocenters. The number of aromatic nitrogens is 2. The van der Waals surface area contributed by atoms with Crippen LogP contribution in [-0.2, 0) is 29.9 Å². The molecule has 4 rings (SSSR count). The smallest absolute Gasteiger partial charge is 0.264 e. The number of para-hydroxylation sites is 2. The third kappa shape index (κ3) is 4.00. The molecule has 0 spiro atoms. The second-order valence-electron chi connectivity index (χ2n) is 6.81. The van der Waals surface area contributed by atoms with E-state index in [2.05, 4.69) is 14.3 Å². The van der Waals surface area contributed by atoms with Crippen molar-refractivity contribution in [2.24, 2.45) is 7.05 Å². The summed E-state index contributed by atoms with van der Waals surface area (Å²) in [7, 11) is -1.97. The summed E-state index contributed by atoms with van der Waals surface area (Å²) in [6, 6.07) is 20.4. The van der Waals surface area contributed by atoms with Gasteiger partial charge in [-0.15, -0.1) is 0 Å². The summed E-state index contributed by atoms with van der Waals surface area (Å²) in [4.78, 5) is 4.30. The monoisotopic (exact) mass is 409 g/mol. The van der Waals surface area contributed by atoms with E-state index in [1.54, 1.807) is 12.1 Å². The molecule has 0 aliphatic rings. The molecule has 0 atom stereocenters. The quantitative estimate of drug-likeness (QED) is 0.516. The Morgan fingerprint density at radius 3 is 2.34 bits per heavy atom. The molecular weight excluding hydrogens is 389 g/mol. The van der Waals surface area contributed by atoms with Gasteiger partial charge >= 0.3 is 0 Å². The van der Waals surface area contributed by atoms with Crippen LogP contribution in [0.15, 0.2) is 77.7 Å². The third-order valence-electron chi connectivity index (χ3n) is 4.85. The molecular formula is C22H20FN3O2S. The number of hydrogen-bond acceptors (Lipinski definition) is 3. The van der Waals surface area contributed by atoms with Crippen LogP contribution < -0.4 is 4.72 Å². The summed E-state index contributed by atoms with van der Waals surface area (Å²) in [6.45, 7) is 0. The first-order valence-corrected chi connectivity index (χ1v) is 10.7. The molecule has 0 aliphatic heterocycles. The van der Waals surface area contributed by atoms with Crippen molar-refractivity contribution in [3.05, 3.63) is 90.0 Å². The van der Waals surface area contributed by atoms with Gasteiger partial charge in [-0.1, -0.05) is 36.4 Å². The van der Waals surface area contributed by atoms with Crippen molar-refractivity contribution in [1.29, 1.82) is 0 Å². The van der Waals surface area contributed by atoms with Gasteiger partial charge in [-0.25, -0.2) is 17.8 Å². The van der Waals surface area contributed by atoms with Gasteiger partial charge in [-0.05, 0) is 48.4 Å².